The number of hydrogen-bond donors (Lipinski definition) is 1. The van der Waals surface area contributed by atoms with Gasteiger partial charge in [0.05, 0.1) is 0 Å². The largest absolute Gasteiger partial charge is 0.328 e. The molecule has 2 rings (SSSR count). The number of hydrogen-bond acceptors (Lipinski definition) is 2. The molecule has 0 aliphatic carbocycles. The third kappa shape index (κ3) is 6.11. The average molecular weight is 282 g/mol. The smallest absolute Gasteiger partial charge is 0.0237 e. The highest BCUT2D eigenvalue weighted by Crippen LogP contribution is 2.11. The molecule has 2 heteroatoms. The lowest BCUT2D eigenvalue weighted by molar-refractivity contribution is 0.249. The van der Waals surface area contributed by atoms with Crippen molar-refractivity contribution in [2.24, 2.45) is 5.73 Å². The molecule has 0 heterocycles. The minimum absolute atomic E-state index is 0.292. The molecule has 2 aromatic carbocycles. The third-order valence-electron chi connectivity index (χ3n) is 3.63. The number of benzene rings is 2. The molecule has 112 valence electrons. The Kier molecular flexibility index (Phi) is 6.45. The molecule has 0 aliphatic rings. The van der Waals surface area contributed by atoms with Crippen LogP contribution in [-0.4, -0.2) is 17.5 Å². The molecule has 0 aromatic heterocycles. The number of rotatable bonds is 8. The lowest BCUT2D eigenvalue weighted by Gasteiger charge is -2.23. The molecule has 0 saturated carbocycles. The van der Waals surface area contributed by atoms with E-state index in [0.29, 0.717) is 6.04 Å². The van der Waals surface area contributed by atoms with E-state index in [0.717, 1.165) is 32.5 Å². The summed E-state index contributed by atoms with van der Waals surface area (Å²) >= 11 is 0. The van der Waals surface area contributed by atoms with E-state index in [2.05, 4.69) is 72.5 Å². The van der Waals surface area contributed by atoms with Crippen molar-refractivity contribution in [2.45, 2.75) is 38.9 Å². The van der Waals surface area contributed by atoms with Crippen molar-refractivity contribution in [3.05, 3.63) is 71.8 Å². The summed E-state index contributed by atoms with van der Waals surface area (Å²) in [5.74, 6) is 0. The summed E-state index contributed by atoms with van der Waals surface area (Å²) < 4.78 is 0. The Morgan fingerprint density at radius 1 is 0.857 bits per heavy atom. The maximum atomic E-state index is 5.87. The van der Waals surface area contributed by atoms with Gasteiger partial charge in [-0.2, -0.15) is 0 Å². The molecule has 21 heavy (non-hydrogen) atoms. The highest BCUT2D eigenvalue weighted by atomic mass is 15.1. The lowest BCUT2D eigenvalue weighted by atomic mass is 10.1. The van der Waals surface area contributed by atoms with Gasteiger partial charge in [-0.05, 0) is 37.4 Å². The van der Waals surface area contributed by atoms with Crippen LogP contribution in [0.4, 0.5) is 0 Å². The van der Waals surface area contributed by atoms with Gasteiger partial charge in [-0.3, -0.25) is 4.90 Å². The average Bonchev–Trinajstić information content (AvgIpc) is 2.49. The summed E-state index contributed by atoms with van der Waals surface area (Å²) in [6, 6.07) is 21.7. The first kappa shape index (κ1) is 15.7. The molecule has 0 fully saturated rings. The predicted octanol–water partition coefficient (Wildman–Crippen LogP) is 3.82. The summed E-state index contributed by atoms with van der Waals surface area (Å²) in [6.07, 6.45) is 2.23. The summed E-state index contributed by atoms with van der Waals surface area (Å²) in [4.78, 5) is 2.51. The van der Waals surface area contributed by atoms with Gasteiger partial charge < -0.3 is 5.73 Å². The van der Waals surface area contributed by atoms with Crippen LogP contribution in [0.25, 0.3) is 0 Å². The second-order valence-corrected chi connectivity index (χ2v) is 5.80. The quantitative estimate of drug-likeness (QED) is 0.797. The second-order valence-electron chi connectivity index (χ2n) is 5.80. The molecule has 2 nitrogen and oxygen atoms in total. The zero-order valence-corrected chi connectivity index (χ0v) is 12.9. The first-order valence-electron chi connectivity index (χ1n) is 7.80. The highest BCUT2D eigenvalue weighted by Gasteiger charge is 2.07. The van der Waals surface area contributed by atoms with Crippen molar-refractivity contribution in [1.82, 2.24) is 4.90 Å². The fourth-order valence-electron chi connectivity index (χ4n) is 2.53. The molecule has 1 atom stereocenters. The molecule has 0 spiro atoms. The molecule has 0 saturated heterocycles. The minimum Gasteiger partial charge on any atom is -0.328 e. The van der Waals surface area contributed by atoms with E-state index >= 15 is 0 Å². The van der Waals surface area contributed by atoms with Gasteiger partial charge in [-0.25, -0.2) is 0 Å². The Hall–Kier alpha value is -1.64. The zero-order valence-electron chi connectivity index (χ0n) is 12.9. The molecule has 0 amide bonds. The van der Waals surface area contributed by atoms with Gasteiger partial charge in [0.2, 0.25) is 0 Å². The fraction of sp³-hybridized carbons (Fsp3) is 0.368. The molecule has 0 radical (unpaired) electrons. The predicted molar refractivity (Wildman–Crippen MR) is 89.9 cm³/mol. The third-order valence-corrected chi connectivity index (χ3v) is 3.63. The molecule has 0 bridgehead atoms. The maximum absolute atomic E-state index is 5.87. The Morgan fingerprint density at radius 2 is 1.33 bits per heavy atom. The van der Waals surface area contributed by atoms with Gasteiger partial charge in [0.15, 0.2) is 0 Å². The molecular weight excluding hydrogens is 256 g/mol. The van der Waals surface area contributed by atoms with Gasteiger partial charge >= 0.3 is 0 Å². The standard InChI is InChI=1S/C19H26N2/c1-17(20)9-8-14-21(15-18-10-4-2-5-11-18)16-19-12-6-3-7-13-19/h2-7,10-13,17H,8-9,14-16,20H2,1H3. The minimum atomic E-state index is 0.292. The first-order chi connectivity index (χ1) is 10.2. The van der Waals surface area contributed by atoms with Gasteiger partial charge in [0.1, 0.15) is 0 Å². The summed E-state index contributed by atoms with van der Waals surface area (Å²) in [6.45, 7) is 5.16. The van der Waals surface area contributed by atoms with Crippen LogP contribution in [-0.2, 0) is 13.1 Å². The van der Waals surface area contributed by atoms with Crippen LogP contribution in [0.15, 0.2) is 60.7 Å². The van der Waals surface area contributed by atoms with Crippen LogP contribution in [0, 0.1) is 0 Å². The second kappa shape index (κ2) is 8.60. The number of nitrogens with zero attached hydrogens (tertiary/aromatic N) is 1. The van der Waals surface area contributed by atoms with Gasteiger partial charge in [-0.15, -0.1) is 0 Å². The van der Waals surface area contributed by atoms with Gasteiger partial charge in [-0.1, -0.05) is 60.7 Å². The van der Waals surface area contributed by atoms with Gasteiger partial charge in [0, 0.05) is 19.1 Å². The molecule has 1 unspecified atom stereocenters. The van der Waals surface area contributed by atoms with E-state index in [1.807, 2.05) is 0 Å². The topological polar surface area (TPSA) is 29.3 Å². The highest BCUT2D eigenvalue weighted by molar-refractivity contribution is 5.17. The molecule has 2 N–H and O–H groups in total. The van der Waals surface area contributed by atoms with Gasteiger partial charge in [0.25, 0.3) is 0 Å². The van der Waals surface area contributed by atoms with E-state index in [1.54, 1.807) is 0 Å². The van der Waals surface area contributed by atoms with E-state index in [1.165, 1.54) is 11.1 Å². The Bertz CT molecular complexity index is 452. The van der Waals surface area contributed by atoms with Crippen molar-refractivity contribution in [2.75, 3.05) is 6.54 Å². The molecule has 0 aliphatic heterocycles. The zero-order chi connectivity index (χ0) is 14.9. The SMILES string of the molecule is CC(N)CCCN(Cc1ccccc1)Cc1ccccc1. The normalized spacial score (nSPS) is 12.5. The fourth-order valence-corrected chi connectivity index (χ4v) is 2.53. The van der Waals surface area contributed by atoms with Crippen molar-refractivity contribution >= 4 is 0 Å². The van der Waals surface area contributed by atoms with Crippen molar-refractivity contribution in [3.8, 4) is 0 Å². The number of nitrogens with two attached hydrogens (primary N) is 1. The summed E-state index contributed by atoms with van der Waals surface area (Å²) in [7, 11) is 0. The van der Waals surface area contributed by atoms with Crippen LogP contribution < -0.4 is 5.73 Å². The summed E-state index contributed by atoms with van der Waals surface area (Å²) in [5.41, 5.74) is 8.60. The molecular formula is C19H26N2. The van der Waals surface area contributed by atoms with E-state index < -0.39 is 0 Å². The maximum Gasteiger partial charge on any atom is 0.0237 e. The Morgan fingerprint density at radius 3 is 1.76 bits per heavy atom. The van der Waals surface area contributed by atoms with Crippen LogP contribution in [0.2, 0.25) is 0 Å². The van der Waals surface area contributed by atoms with Crippen molar-refractivity contribution in [3.63, 3.8) is 0 Å². The Labute approximate surface area is 128 Å². The van der Waals surface area contributed by atoms with Crippen LogP contribution in [0.1, 0.15) is 30.9 Å². The van der Waals surface area contributed by atoms with Crippen LogP contribution >= 0.6 is 0 Å². The Balaban J connectivity index is 1.96. The first-order valence-corrected chi connectivity index (χ1v) is 7.80. The molecule has 2 aromatic rings. The van der Waals surface area contributed by atoms with Crippen LogP contribution in [0.3, 0.4) is 0 Å². The van der Waals surface area contributed by atoms with E-state index in [9.17, 15) is 0 Å². The monoisotopic (exact) mass is 282 g/mol. The van der Waals surface area contributed by atoms with E-state index in [4.69, 9.17) is 5.73 Å². The van der Waals surface area contributed by atoms with Crippen molar-refractivity contribution in [1.29, 1.82) is 0 Å². The van der Waals surface area contributed by atoms with Crippen molar-refractivity contribution < 1.29 is 0 Å². The van der Waals surface area contributed by atoms with Crippen LogP contribution in [0.5, 0.6) is 0 Å². The lowest BCUT2D eigenvalue weighted by Crippen LogP contribution is -2.25. The summed E-state index contributed by atoms with van der Waals surface area (Å²) in [5, 5.41) is 0. The van der Waals surface area contributed by atoms with E-state index in [-0.39, 0.29) is 0 Å².